The molecule has 2 rings (SSSR count). The van der Waals surface area contributed by atoms with E-state index in [4.69, 9.17) is 0 Å². The summed E-state index contributed by atoms with van der Waals surface area (Å²) in [6.45, 7) is 1.23. The number of halogens is 1. The Morgan fingerprint density at radius 1 is 1.40 bits per heavy atom. The molecular weight excluding hydrogens is 193 g/mol. The van der Waals surface area contributed by atoms with Crippen molar-refractivity contribution in [2.75, 3.05) is 19.7 Å². The lowest BCUT2D eigenvalue weighted by atomic mass is 10.1. The summed E-state index contributed by atoms with van der Waals surface area (Å²) in [5.41, 5.74) is 1.06. The molecule has 1 heterocycles. The lowest BCUT2D eigenvalue weighted by Crippen LogP contribution is -2.29. The molecule has 0 aliphatic carbocycles. The van der Waals surface area contributed by atoms with Crippen LogP contribution in [0.4, 0.5) is 4.39 Å². The fraction of sp³-hybridized carbons (Fsp3) is 0.500. The maximum absolute atomic E-state index is 13.1. The molecule has 1 fully saturated rings. The Balaban J connectivity index is 2.11. The average molecular weight is 209 g/mol. The lowest BCUT2D eigenvalue weighted by molar-refractivity contribution is 0.139. The molecule has 2 nitrogen and oxygen atoms in total. The van der Waals surface area contributed by atoms with Crippen LogP contribution in [0.2, 0.25) is 0 Å². The van der Waals surface area contributed by atoms with Gasteiger partial charge >= 0.3 is 0 Å². The number of aliphatic hydroxyl groups excluding tert-OH is 1. The van der Waals surface area contributed by atoms with E-state index in [-0.39, 0.29) is 12.6 Å². The molecule has 1 aliphatic heterocycles. The summed E-state index contributed by atoms with van der Waals surface area (Å²) in [5, 5.41) is 9.36. The second-order valence-electron chi connectivity index (χ2n) is 3.99. The minimum absolute atomic E-state index is 0.0491. The summed E-state index contributed by atoms with van der Waals surface area (Å²) < 4.78 is 13.1. The number of alkyl halides is 1. The van der Waals surface area contributed by atoms with Gasteiger partial charge in [0.1, 0.15) is 6.17 Å². The van der Waals surface area contributed by atoms with Crippen molar-refractivity contribution < 1.29 is 9.50 Å². The molecule has 1 saturated heterocycles. The summed E-state index contributed by atoms with van der Waals surface area (Å²) in [5.74, 6) is 0. The molecular formula is C12H16FNO. The SMILES string of the molecule is OCC(c1ccccc1)N1CC[C@H](F)C1. The Hall–Kier alpha value is -0.930. The summed E-state index contributed by atoms with van der Waals surface area (Å²) in [6, 6.07) is 9.74. The Morgan fingerprint density at radius 2 is 2.13 bits per heavy atom. The van der Waals surface area contributed by atoms with Gasteiger partial charge in [0.2, 0.25) is 0 Å². The third kappa shape index (κ3) is 2.36. The van der Waals surface area contributed by atoms with Gasteiger partial charge in [-0.05, 0) is 12.0 Å². The highest BCUT2D eigenvalue weighted by atomic mass is 19.1. The van der Waals surface area contributed by atoms with Crippen molar-refractivity contribution >= 4 is 0 Å². The van der Waals surface area contributed by atoms with E-state index in [2.05, 4.69) is 0 Å². The number of benzene rings is 1. The van der Waals surface area contributed by atoms with E-state index in [0.717, 1.165) is 12.1 Å². The zero-order chi connectivity index (χ0) is 10.7. The molecule has 0 aromatic heterocycles. The van der Waals surface area contributed by atoms with Crippen LogP contribution in [0.25, 0.3) is 0 Å². The monoisotopic (exact) mass is 209 g/mol. The van der Waals surface area contributed by atoms with Crippen molar-refractivity contribution in [3.8, 4) is 0 Å². The number of likely N-dealkylation sites (tertiary alicyclic amines) is 1. The van der Waals surface area contributed by atoms with Crippen LogP contribution >= 0.6 is 0 Å². The topological polar surface area (TPSA) is 23.5 Å². The van der Waals surface area contributed by atoms with E-state index in [1.807, 2.05) is 35.2 Å². The Kier molecular flexibility index (Phi) is 3.34. The molecule has 15 heavy (non-hydrogen) atoms. The molecule has 1 unspecified atom stereocenters. The Morgan fingerprint density at radius 3 is 2.67 bits per heavy atom. The molecule has 0 bridgehead atoms. The van der Waals surface area contributed by atoms with E-state index < -0.39 is 6.17 Å². The van der Waals surface area contributed by atoms with Gasteiger partial charge in [-0.3, -0.25) is 4.90 Å². The van der Waals surface area contributed by atoms with Crippen molar-refractivity contribution in [3.63, 3.8) is 0 Å². The molecule has 0 spiro atoms. The predicted octanol–water partition coefficient (Wildman–Crippen LogP) is 1.76. The Bertz CT molecular complexity index is 304. The third-order valence-corrected chi connectivity index (χ3v) is 2.96. The standard InChI is InChI=1S/C12H16FNO/c13-11-6-7-14(8-11)12(9-15)10-4-2-1-3-5-10/h1-5,11-12,15H,6-9H2/t11-,12?/m0/s1. The smallest absolute Gasteiger partial charge is 0.114 e. The zero-order valence-corrected chi connectivity index (χ0v) is 8.64. The van der Waals surface area contributed by atoms with Crippen molar-refractivity contribution in [3.05, 3.63) is 35.9 Å². The minimum Gasteiger partial charge on any atom is -0.394 e. The average Bonchev–Trinajstić information content (AvgIpc) is 2.68. The van der Waals surface area contributed by atoms with Gasteiger partial charge in [-0.25, -0.2) is 4.39 Å². The zero-order valence-electron chi connectivity index (χ0n) is 8.64. The fourth-order valence-corrected chi connectivity index (χ4v) is 2.13. The van der Waals surface area contributed by atoms with Crippen LogP contribution in [-0.4, -0.2) is 35.9 Å². The van der Waals surface area contributed by atoms with Gasteiger partial charge < -0.3 is 5.11 Å². The van der Waals surface area contributed by atoms with Gasteiger partial charge in [0.25, 0.3) is 0 Å². The lowest BCUT2D eigenvalue weighted by Gasteiger charge is -2.25. The van der Waals surface area contributed by atoms with Crippen molar-refractivity contribution in [1.82, 2.24) is 4.90 Å². The quantitative estimate of drug-likeness (QED) is 0.820. The second kappa shape index (κ2) is 4.73. The molecule has 2 atom stereocenters. The molecule has 1 aromatic carbocycles. The van der Waals surface area contributed by atoms with Crippen LogP contribution in [0, 0.1) is 0 Å². The first-order chi connectivity index (χ1) is 7.31. The largest absolute Gasteiger partial charge is 0.394 e. The summed E-state index contributed by atoms with van der Waals surface area (Å²) in [6.07, 6.45) is -0.147. The van der Waals surface area contributed by atoms with Gasteiger partial charge in [0.05, 0.1) is 12.6 Å². The van der Waals surface area contributed by atoms with Crippen LogP contribution in [0.15, 0.2) is 30.3 Å². The van der Waals surface area contributed by atoms with E-state index in [0.29, 0.717) is 13.0 Å². The third-order valence-electron chi connectivity index (χ3n) is 2.96. The van der Waals surface area contributed by atoms with Gasteiger partial charge in [0, 0.05) is 13.1 Å². The van der Waals surface area contributed by atoms with Crippen molar-refractivity contribution in [2.45, 2.75) is 18.6 Å². The maximum Gasteiger partial charge on any atom is 0.114 e. The van der Waals surface area contributed by atoms with E-state index >= 15 is 0 Å². The fourth-order valence-electron chi connectivity index (χ4n) is 2.13. The molecule has 0 radical (unpaired) electrons. The molecule has 1 aliphatic rings. The van der Waals surface area contributed by atoms with Crippen LogP contribution in [0.1, 0.15) is 18.0 Å². The Labute approximate surface area is 89.3 Å². The first kappa shape index (κ1) is 10.6. The molecule has 0 amide bonds. The van der Waals surface area contributed by atoms with Gasteiger partial charge in [-0.15, -0.1) is 0 Å². The second-order valence-corrected chi connectivity index (χ2v) is 3.99. The van der Waals surface area contributed by atoms with Crippen molar-refractivity contribution in [1.29, 1.82) is 0 Å². The van der Waals surface area contributed by atoms with Crippen LogP contribution in [-0.2, 0) is 0 Å². The molecule has 0 saturated carbocycles. The van der Waals surface area contributed by atoms with E-state index in [1.54, 1.807) is 0 Å². The normalized spacial score (nSPS) is 24.3. The number of rotatable bonds is 3. The van der Waals surface area contributed by atoms with Gasteiger partial charge in [-0.1, -0.05) is 30.3 Å². The number of hydrogen-bond acceptors (Lipinski definition) is 2. The number of hydrogen-bond donors (Lipinski definition) is 1. The maximum atomic E-state index is 13.1. The molecule has 3 heteroatoms. The molecule has 82 valence electrons. The van der Waals surface area contributed by atoms with Crippen LogP contribution < -0.4 is 0 Å². The number of nitrogens with zero attached hydrogens (tertiary/aromatic N) is 1. The number of aliphatic hydroxyl groups is 1. The van der Waals surface area contributed by atoms with Gasteiger partial charge in [0.15, 0.2) is 0 Å². The first-order valence-electron chi connectivity index (χ1n) is 5.35. The van der Waals surface area contributed by atoms with Gasteiger partial charge in [-0.2, -0.15) is 0 Å². The first-order valence-corrected chi connectivity index (χ1v) is 5.35. The van der Waals surface area contributed by atoms with Crippen LogP contribution in [0.3, 0.4) is 0 Å². The summed E-state index contributed by atoms with van der Waals surface area (Å²) >= 11 is 0. The van der Waals surface area contributed by atoms with E-state index in [1.165, 1.54) is 0 Å². The van der Waals surface area contributed by atoms with Crippen molar-refractivity contribution in [2.24, 2.45) is 0 Å². The minimum atomic E-state index is -0.734. The van der Waals surface area contributed by atoms with Crippen LogP contribution in [0.5, 0.6) is 0 Å². The summed E-state index contributed by atoms with van der Waals surface area (Å²) in [7, 11) is 0. The highest BCUT2D eigenvalue weighted by molar-refractivity contribution is 5.19. The molecule has 1 aromatic rings. The predicted molar refractivity (Wildman–Crippen MR) is 57.4 cm³/mol. The highest BCUT2D eigenvalue weighted by Crippen LogP contribution is 2.25. The highest BCUT2D eigenvalue weighted by Gasteiger charge is 2.28. The van der Waals surface area contributed by atoms with E-state index in [9.17, 15) is 9.50 Å². The summed E-state index contributed by atoms with van der Waals surface area (Å²) in [4.78, 5) is 2.01. The molecule has 1 N–H and O–H groups in total.